The molecule has 0 spiro atoms. The molecule has 0 radical (unpaired) electrons. The molecular weight excluding hydrogens is 213 g/mol. The lowest BCUT2D eigenvalue weighted by atomic mass is 9.98. The van der Waals surface area contributed by atoms with Crippen LogP contribution in [0.2, 0.25) is 0 Å². The molecule has 4 N–H and O–H groups in total. The van der Waals surface area contributed by atoms with E-state index in [1.54, 1.807) is 6.92 Å². The van der Waals surface area contributed by atoms with Gasteiger partial charge in [-0.1, -0.05) is 0 Å². The zero-order valence-electron chi connectivity index (χ0n) is 8.49. The lowest BCUT2D eigenvalue weighted by molar-refractivity contribution is -0.136. The van der Waals surface area contributed by atoms with Crippen LogP contribution < -0.4 is 11.1 Å². The number of primary amides is 1. The summed E-state index contributed by atoms with van der Waals surface area (Å²) < 4.78 is 13.1. The number of hydrogen-bond donors (Lipinski definition) is 3. The summed E-state index contributed by atoms with van der Waals surface area (Å²) in [5, 5.41) is 12.8. The standard InChI is InChI=1S/C10H10FN3O2/c1-5-13-8-3-2-6(11)4-7(8)10(16,14-5)9(12)15/h2-4,16H,1H3,(H2,12,15)(H,13,14). The van der Waals surface area contributed by atoms with Crippen LogP contribution in [0, 0.1) is 5.82 Å². The Morgan fingerprint density at radius 1 is 1.62 bits per heavy atom. The summed E-state index contributed by atoms with van der Waals surface area (Å²) in [6.07, 6.45) is 0. The van der Waals surface area contributed by atoms with Crippen LogP contribution in [0.3, 0.4) is 0 Å². The van der Waals surface area contributed by atoms with Gasteiger partial charge in [-0.05, 0) is 25.1 Å². The second-order valence-electron chi connectivity index (χ2n) is 3.55. The first-order chi connectivity index (χ1) is 7.43. The molecule has 0 saturated heterocycles. The maximum absolute atomic E-state index is 13.1. The van der Waals surface area contributed by atoms with Gasteiger partial charge < -0.3 is 16.2 Å². The smallest absolute Gasteiger partial charge is 0.277 e. The number of benzene rings is 1. The highest BCUT2D eigenvalue weighted by Crippen LogP contribution is 2.33. The summed E-state index contributed by atoms with van der Waals surface area (Å²) >= 11 is 0. The molecule has 1 aromatic carbocycles. The number of carbonyl (C=O) groups is 1. The first-order valence-electron chi connectivity index (χ1n) is 4.59. The third-order valence-electron chi connectivity index (χ3n) is 2.35. The minimum absolute atomic E-state index is 0.0191. The maximum Gasteiger partial charge on any atom is 0.277 e. The zero-order chi connectivity index (χ0) is 11.9. The van der Waals surface area contributed by atoms with Crippen LogP contribution in [0.15, 0.2) is 23.2 Å². The molecule has 0 saturated carbocycles. The average molecular weight is 223 g/mol. The van der Waals surface area contributed by atoms with Crippen LogP contribution in [0.25, 0.3) is 0 Å². The Balaban J connectivity index is 2.67. The molecule has 1 aliphatic rings. The first-order valence-corrected chi connectivity index (χ1v) is 4.59. The summed E-state index contributed by atoms with van der Waals surface area (Å²) in [7, 11) is 0. The predicted molar refractivity (Wildman–Crippen MR) is 56.2 cm³/mol. The molecule has 5 nitrogen and oxygen atoms in total. The molecule has 0 bridgehead atoms. The Kier molecular flexibility index (Phi) is 2.16. The van der Waals surface area contributed by atoms with Crippen molar-refractivity contribution in [3.63, 3.8) is 0 Å². The molecular formula is C10H10FN3O2. The van der Waals surface area contributed by atoms with Gasteiger partial charge in [-0.3, -0.25) is 4.79 Å². The molecule has 84 valence electrons. The van der Waals surface area contributed by atoms with E-state index >= 15 is 0 Å². The minimum Gasteiger partial charge on any atom is -0.365 e. The topological polar surface area (TPSA) is 87.7 Å². The largest absolute Gasteiger partial charge is 0.365 e. The number of aliphatic hydroxyl groups is 1. The Bertz CT molecular complexity index is 501. The highest BCUT2D eigenvalue weighted by molar-refractivity contribution is 6.01. The summed E-state index contributed by atoms with van der Waals surface area (Å²) in [6, 6.07) is 3.66. The lowest BCUT2D eigenvalue weighted by Crippen LogP contribution is -2.43. The van der Waals surface area contributed by atoms with Crippen LogP contribution >= 0.6 is 0 Å². The highest BCUT2D eigenvalue weighted by Gasteiger charge is 2.40. The van der Waals surface area contributed by atoms with Crippen molar-refractivity contribution in [1.82, 2.24) is 0 Å². The fourth-order valence-electron chi connectivity index (χ4n) is 1.63. The summed E-state index contributed by atoms with van der Waals surface area (Å²) in [5.41, 5.74) is 3.31. The Morgan fingerprint density at radius 3 is 2.94 bits per heavy atom. The van der Waals surface area contributed by atoms with Crippen LogP contribution in [-0.4, -0.2) is 16.8 Å². The molecule has 1 atom stereocenters. The number of fused-ring (bicyclic) bond motifs is 1. The normalized spacial score (nSPS) is 23.1. The molecule has 6 heteroatoms. The van der Waals surface area contributed by atoms with Crippen molar-refractivity contribution in [2.75, 3.05) is 5.32 Å². The Hall–Kier alpha value is -1.95. The molecule has 1 aromatic rings. The van der Waals surface area contributed by atoms with Gasteiger partial charge in [0.05, 0.1) is 0 Å². The fraction of sp³-hybridized carbons (Fsp3) is 0.200. The van der Waals surface area contributed by atoms with Gasteiger partial charge >= 0.3 is 0 Å². The molecule has 1 aliphatic heterocycles. The fourth-order valence-corrected chi connectivity index (χ4v) is 1.63. The molecule has 0 fully saturated rings. The first kappa shape index (κ1) is 10.6. The average Bonchev–Trinajstić information content (AvgIpc) is 2.19. The van der Waals surface area contributed by atoms with E-state index in [1.807, 2.05) is 0 Å². The van der Waals surface area contributed by atoms with Gasteiger partial charge in [-0.2, -0.15) is 0 Å². The number of nitrogens with two attached hydrogens (primary N) is 1. The lowest BCUT2D eigenvalue weighted by Gasteiger charge is -2.28. The van der Waals surface area contributed by atoms with Gasteiger partial charge in [-0.25, -0.2) is 9.38 Å². The van der Waals surface area contributed by atoms with Crippen LogP contribution in [0.1, 0.15) is 12.5 Å². The number of halogens is 1. The zero-order valence-corrected chi connectivity index (χ0v) is 8.49. The highest BCUT2D eigenvalue weighted by atomic mass is 19.1. The van der Waals surface area contributed by atoms with Gasteiger partial charge in [0.15, 0.2) is 0 Å². The molecule has 0 aromatic heterocycles. The van der Waals surface area contributed by atoms with E-state index in [4.69, 9.17) is 5.73 Å². The number of aliphatic imine (C=N–C) groups is 1. The van der Waals surface area contributed by atoms with Gasteiger partial charge in [0.2, 0.25) is 0 Å². The molecule has 1 amide bonds. The number of nitrogens with one attached hydrogen (secondary N) is 1. The quantitative estimate of drug-likeness (QED) is 0.639. The number of carbonyl (C=O) groups excluding carboxylic acids is 1. The van der Waals surface area contributed by atoms with Crippen LogP contribution in [0.5, 0.6) is 0 Å². The van der Waals surface area contributed by atoms with Crippen molar-refractivity contribution in [1.29, 1.82) is 0 Å². The molecule has 16 heavy (non-hydrogen) atoms. The van der Waals surface area contributed by atoms with E-state index in [0.29, 0.717) is 11.5 Å². The van der Waals surface area contributed by atoms with E-state index < -0.39 is 17.4 Å². The van der Waals surface area contributed by atoms with Crippen molar-refractivity contribution in [3.8, 4) is 0 Å². The number of nitrogens with zero attached hydrogens (tertiary/aromatic N) is 1. The van der Waals surface area contributed by atoms with Gasteiger partial charge in [0.1, 0.15) is 11.7 Å². The third kappa shape index (κ3) is 1.43. The SMILES string of the molecule is CC1=NC(O)(C(N)=O)c2cc(F)ccc2N1. The Morgan fingerprint density at radius 2 is 2.31 bits per heavy atom. The summed E-state index contributed by atoms with van der Waals surface area (Å²) in [5.74, 6) is -1.28. The van der Waals surface area contributed by atoms with Gasteiger partial charge in [0.25, 0.3) is 11.6 Å². The van der Waals surface area contributed by atoms with E-state index in [0.717, 1.165) is 6.07 Å². The monoisotopic (exact) mass is 223 g/mol. The summed E-state index contributed by atoms with van der Waals surface area (Å²) in [6.45, 7) is 1.57. The second kappa shape index (κ2) is 3.28. The van der Waals surface area contributed by atoms with E-state index in [2.05, 4.69) is 10.3 Å². The summed E-state index contributed by atoms with van der Waals surface area (Å²) in [4.78, 5) is 14.9. The van der Waals surface area contributed by atoms with Crippen molar-refractivity contribution >= 4 is 17.4 Å². The number of rotatable bonds is 1. The minimum atomic E-state index is -2.20. The van der Waals surface area contributed by atoms with E-state index in [-0.39, 0.29) is 5.56 Å². The molecule has 1 unspecified atom stereocenters. The van der Waals surface area contributed by atoms with Crippen molar-refractivity contribution < 1.29 is 14.3 Å². The van der Waals surface area contributed by atoms with Crippen molar-refractivity contribution in [2.45, 2.75) is 12.6 Å². The van der Waals surface area contributed by atoms with Gasteiger partial charge in [-0.15, -0.1) is 0 Å². The van der Waals surface area contributed by atoms with Crippen molar-refractivity contribution in [2.24, 2.45) is 10.7 Å². The predicted octanol–water partition coefficient (Wildman–Crippen LogP) is 0.300. The van der Waals surface area contributed by atoms with Crippen LogP contribution in [0.4, 0.5) is 10.1 Å². The molecule has 0 aliphatic carbocycles. The number of amidine groups is 1. The van der Waals surface area contributed by atoms with Crippen LogP contribution in [-0.2, 0) is 10.5 Å². The Labute approximate surface area is 90.8 Å². The molecule has 2 rings (SSSR count). The second-order valence-corrected chi connectivity index (χ2v) is 3.55. The number of hydrogen-bond acceptors (Lipinski definition) is 4. The van der Waals surface area contributed by atoms with E-state index in [1.165, 1.54) is 12.1 Å². The molecule has 1 heterocycles. The number of amides is 1. The van der Waals surface area contributed by atoms with Crippen molar-refractivity contribution in [3.05, 3.63) is 29.6 Å². The maximum atomic E-state index is 13.1. The van der Waals surface area contributed by atoms with Gasteiger partial charge in [0, 0.05) is 11.3 Å². The van der Waals surface area contributed by atoms with E-state index in [9.17, 15) is 14.3 Å². The third-order valence-corrected chi connectivity index (χ3v) is 2.35. The number of anilines is 1.